The van der Waals surface area contributed by atoms with Crippen LogP contribution in [0, 0.1) is 5.92 Å². The van der Waals surface area contributed by atoms with Crippen LogP contribution in [0.4, 0.5) is 5.69 Å². The van der Waals surface area contributed by atoms with Gasteiger partial charge in [-0.3, -0.25) is 9.59 Å². The average molecular weight is 564 g/mol. The topological polar surface area (TPSA) is 105 Å². The molecule has 0 unspecified atom stereocenters. The highest BCUT2D eigenvalue weighted by atomic mass is 35.5. The number of methoxy groups -OCH3 is 1. The molecule has 0 aromatic heterocycles. The number of hydrogen-bond acceptors (Lipinski definition) is 6. The lowest BCUT2D eigenvalue weighted by molar-refractivity contribution is -0.134. The molecule has 0 bridgehead atoms. The molecule has 2 aromatic rings. The normalized spacial score (nSPS) is 20.6. The van der Waals surface area contributed by atoms with E-state index in [2.05, 4.69) is 5.32 Å². The smallest absolute Gasteiger partial charge is 0.243 e. The van der Waals surface area contributed by atoms with Crippen LogP contribution in [0.3, 0.4) is 0 Å². The van der Waals surface area contributed by atoms with Gasteiger partial charge in [-0.05, 0) is 62.1 Å². The van der Waals surface area contributed by atoms with Crippen molar-refractivity contribution in [3.8, 4) is 11.5 Å². The minimum absolute atomic E-state index is 0.0195. The molecule has 0 saturated carbocycles. The van der Waals surface area contributed by atoms with Crippen molar-refractivity contribution in [3.05, 3.63) is 47.5 Å². The summed E-state index contributed by atoms with van der Waals surface area (Å²) in [6.07, 6.45) is 3.33. The van der Waals surface area contributed by atoms with Crippen molar-refractivity contribution in [2.75, 3.05) is 38.6 Å². The molecule has 2 aromatic carbocycles. The van der Waals surface area contributed by atoms with Gasteiger partial charge < -0.3 is 19.7 Å². The number of hydrogen-bond donors (Lipinski definition) is 1. The highest BCUT2D eigenvalue weighted by Gasteiger charge is 2.39. The highest BCUT2D eigenvalue weighted by molar-refractivity contribution is 7.89. The fraction of sp³-hybridized carbons (Fsp3) is 0.481. The van der Waals surface area contributed by atoms with Crippen molar-refractivity contribution in [1.82, 2.24) is 9.21 Å². The number of anilines is 1. The summed E-state index contributed by atoms with van der Waals surface area (Å²) in [7, 11) is -2.47. The van der Waals surface area contributed by atoms with E-state index in [1.165, 1.54) is 36.5 Å². The largest absolute Gasteiger partial charge is 0.495 e. The van der Waals surface area contributed by atoms with Crippen LogP contribution in [-0.2, 0) is 19.6 Å². The summed E-state index contributed by atoms with van der Waals surface area (Å²) < 4.78 is 40.3. The van der Waals surface area contributed by atoms with Crippen LogP contribution in [0.2, 0.25) is 5.02 Å². The van der Waals surface area contributed by atoms with Gasteiger partial charge in [0.25, 0.3) is 0 Å². The van der Waals surface area contributed by atoms with Gasteiger partial charge >= 0.3 is 0 Å². The van der Waals surface area contributed by atoms with Crippen LogP contribution in [0.15, 0.2) is 47.4 Å². The van der Waals surface area contributed by atoms with E-state index in [1.807, 2.05) is 4.90 Å². The second kappa shape index (κ2) is 12.4. The summed E-state index contributed by atoms with van der Waals surface area (Å²) in [5.41, 5.74) is 0.275. The first-order valence-corrected chi connectivity index (χ1v) is 14.6. The van der Waals surface area contributed by atoms with Gasteiger partial charge in [0.1, 0.15) is 17.6 Å². The number of amides is 2. The lowest BCUT2D eigenvalue weighted by atomic mass is 9.91. The molecule has 38 heavy (non-hydrogen) atoms. The number of piperidine rings is 2. The van der Waals surface area contributed by atoms with E-state index in [4.69, 9.17) is 21.1 Å². The summed E-state index contributed by atoms with van der Waals surface area (Å²) in [5, 5.41) is 3.16. The third-order valence-corrected chi connectivity index (χ3v) is 9.07. The van der Waals surface area contributed by atoms with Crippen LogP contribution < -0.4 is 14.8 Å². The molecular weight excluding hydrogens is 530 g/mol. The van der Waals surface area contributed by atoms with E-state index in [0.717, 1.165) is 32.4 Å². The number of nitrogens with one attached hydrogen (secondary N) is 1. The summed E-state index contributed by atoms with van der Waals surface area (Å²) in [6.45, 7) is 3.16. The Morgan fingerprint density at radius 2 is 1.84 bits per heavy atom. The Hall–Kier alpha value is -2.82. The van der Waals surface area contributed by atoms with Gasteiger partial charge in [-0.2, -0.15) is 4.31 Å². The number of sulfonamides is 1. The molecule has 2 aliphatic rings. The molecule has 2 atom stereocenters. The number of rotatable bonds is 8. The number of carbonyl (C=O) groups excluding carboxylic acids is 2. The lowest BCUT2D eigenvalue weighted by Crippen LogP contribution is -2.49. The Kier molecular flexibility index (Phi) is 9.17. The van der Waals surface area contributed by atoms with Crippen molar-refractivity contribution < 1.29 is 27.5 Å². The number of halogens is 1. The maximum Gasteiger partial charge on any atom is 0.243 e. The summed E-state index contributed by atoms with van der Waals surface area (Å²) in [5.74, 6) is 0.279. The molecule has 11 heteroatoms. The zero-order chi connectivity index (χ0) is 27.3. The van der Waals surface area contributed by atoms with Gasteiger partial charge in [-0.1, -0.05) is 17.7 Å². The molecule has 0 spiro atoms. The highest BCUT2D eigenvalue weighted by Crippen LogP contribution is 2.33. The SMILES string of the molecule is COc1ccc(S(=O)(=O)N2CC[C@H](Oc3cccc(Cl)c3)[C@@H](CC(=O)N3CCCCC3)C2)cc1NC(C)=O. The number of carbonyl (C=O) groups is 2. The van der Waals surface area contributed by atoms with Crippen molar-refractivity contribution in [3.63, 3.8) is 0 Å². The Balaban J connectivity index is 1.57. The number of ether oxygens (including phenoxy) is 2. The quantitative estimate of drug-likeness (QED) is 0.517. The first kappa shape index (κ1) is 28.2. The molecule has 2 aliphatic heterocycles. The molecule has 2 heterocycles. The van der Waals surface area contributed by atoms with Crippen LogP contribution in [-0.4, -0.2) is 68.8 Å². The maximum atomic E-state index is 13.7. The Morgan fingerprint density at radius 1 is 1.08 bits per heavy atom. The van der Waals surface area contributed by atoms with Crippen LogP contribution >= 0.6 is 11.6 Å². The standard InChI is InChI=1S/C27H34ClN3O6S/c1-19(32)29-24-17-23(9-10-26(24)36-2)38(34,35)31-14-11-25(37-22-8-6-7-21(28)16-22)20(18-31)15-27(33)30-12-4-3-5-13-30/h6-10,16-17,20,25H,3-5,11-15,18H2,1-2H3,(H,29,32)/t20-,25-/m0/s1. The van der Waals surface area contributed by atoms with E-state index in [0.29, 0.717) is 22.9 Å². The summed E-state index contributed by atoms with van der Waals surface area (Å²) in [6, 6.07) is 11.4. The monoisotopic (exact) mass is 563 g/mol. The molecule has 2 amide bonds. The Morgan fingerprint density at radius 3 is 2.53 bits per heavy atom. The minimum Gasteiger partial charge on any atom is -0.495 e. The van der Waals surface area contributed by atoms with Crippen molar-refractivity contribution in [2.24, 2.45) is 5.92 Å². The van der Waals surface area contributed by atoms with Crippen molar-refractivity contribution >= 4 is 39.1 Å². The Labute approximate surface area is 229 Å². The molecule has 1 N–H and O–H groups in total. The zero-order valence-corrected chi connectivity index (χ0v) is 23.3. The van der Waals surface area contributed by atoms with Crippen LogP contribution in [0.5, 0.6) is 11.5 Å². The van der Waals surface area contributed by atoms with Gasteiger partial charge in [0.15, 0.2) is 0 Å². The van der Waals surface area contributed by atoms with Gasteiger partial charge in [0.05, 0.1) is 17.7 Å². The predicted molar refractivity (Wildman–Crippen MR) is 145 cm³/mol. The number of nitrogens with zero attached hydrogens (tertiary/aromatic N) is 2. The molecule has 0 radical (unpaired) electrons. The molecule has 2 saturated heterocycles. The van der Waals surface area contributed by atoms with Gasteiger partial charge in [0, 0.05) is 50.5 Å². The minimum atomic E-state index is -3.92. The van der Waals surface area contributed by atoms with Gasteiger partial charge in [0.2, 0.25) is 21.8 Å². The van der Waals surface area contributed by atoms with Gasteiger partial charge in [-0.25, -0.2) is 8.42 Å². The second-order valence-corrected chi connectivity index (χ2v) is 12.1. The number of likely N-dealkylation sites (tertiary alicyclic amines) is 1. The third kappa shape index (κ3) is 6.78. The van der Waals surface area contributed by atoms with Gasteiger partial charge in [-0.15, -0.1) is 0 Å². The van der Waals surface area contributed by atoms with Crippen molar-refractivity contribution in [2.45, 2.75) is 50.0 Å². The van der Waals surface area contributed by atoms with Crippen LogP contribution in [0.25, 0.3) is 0 Å². The first-order chi connectivity index (χ1) is 18.2. The Bertz CT molecular complexity index is 1270. The fourth-order valence-electron chi connectivity index (χ4n) is 5.04. The molecule has 9 nitrogen and oxygen atoms in total. The molecular formula is C27H34ClN3O6S. The van der Waals surface area contributed by atoms with Crippen LogP contribution in [0.1, 0.15) is 39.0 Å². The maximum absolute atomic E-state index is 13.7. The number of benzene rings is 2. The molecule has 206 valence electrons. The first-order valence-electron chi connectivity index (χ1n) is 12.8. The summed E-state index contributed by atoms with van der Waals surface area (Å²) in [4.78, 5) is 26.7. The third-order valence-electron chi connectivity index (χ3n) is 6.98. The predicted octanol–water partition coefficient (Wildman–Crippen LogP) is 4.17. The second-order valence-electron chi connectivity index (χ2n) is 9.71. The zero-order valence-electron chi connectivity index (χ0n) is 21.7. The fourth-order valence-corrected chi connectivity index (χ4v) is 6.76. The van der Waals surface area contributed by atoms with E-state index < -0.39 is 10.0 Å². The van der Waals surface area contributed by atoms with E-state index in [1.54, 1.807) is 24.3 Å². The lowest BCUT2D eigenvalue weighted by Gasteiger charge is -2.38. The van der Waals surface area contributed by atoms with Crippen molar-refractivity contribution in [1.29, 1.82) is 0 Å². The average Bonchev–Trinajstić information content (AvgIpc) is 2.89. The van der Waals surface area contributed by atoms with E-state index in [9.17, 15) is 18.0 Å². The molecule has 2 fully saturated rings. The molecule has 4 rings (SSSR count). The van der Waals surface area contributed by atoms with E-state index >= 15 is 0 Å². The summed E-state index contributed by atoms with van der Waals surface area (Å²) >= 11 is 6.14. The molecule has 0 aliphatic carbocycles. The van der Waals surface area contributed by atoms with E-state index in [-0.39, 0.29) is 53.9 Å².